The number of nitrogens with zero attached hydrogens (tertiary/aromatic N) is 1. The zero-order valence-electron chi connectivity index (χ0n) is 10.8. The predicted molar refractivity (Wildman–Crippen MR) is 71.5 cm³/mol. The minimum absolute atomic E-state index is 0.399. The number of hydrogen-bond acceptors (Lipinski definition) is 4. The molecule has 6 heteroatoms. The predicted octanol–water partition coefficient (Wildman–Crippen LogP) is 0.523. The highest BCUT2D eigenvalue weighted by molar-refractivity contribution is 5.92. The van der Waals surface area contributed by atoms with Crippen molar-refractivity contribution in [3.05, 3.63) is 41.5 Å². The Kier molecular flexibility index (Phi) is 5.01. The number of carbonyl (C=O) groups excluding carboxylic acids is 1. The van der Waals surface area contributed by atoms with E-state index in [1.54, 1.807) is 24.3 Å². The molecule has 0 fully saturated rings. The molecule has 1 atom stereocenters. The third-order valence-corrected chi connectivity index (χ3v) is 2.51. The lowest BCUT2D eigenvalue weighted by molar-refractivity contribution is -0.156. The monoisotopic (exact) mass is 274 g/mol. The van der Waals surface area contributed by atoms with Crippen molar-refractivity contribution in [3.8, 4) is 6.07 Å². The highest BCUT2D eigenvalue weighted by Crippen LogP contribution is 2.06. The maximum Gasteiger partial charge on any atom is 0.337 e. The first kappa shape index (κ1) is 15.4. The molecule has 1 aromatic rings. The summed E-state index contributed by atoms with van der Waals surface area (Å²) in [6, 6.07) is 8.63. The molecule has 0 bridgehead atoms. The second-order valence-electron chi connectivity index (χ2n) is 4.37. The van der Waals surface area contributed by atoms with Gasteiger partial charge in [0.25, 0.3) is 0 Å². The van der Waals surface area contributed by atoms with Gasteiger partial charge in [-0.25, -0.2) is 4.79 Å². The lowest BCUT2D eigenvalue weighted by atomic mass is 10.1. The van der Waals surface area contributed by atoms with Crippen molar-refractivity contribution in [3.63, 3.8) is 0 Å². The van der Waals surface area contributed by atoms with Crippen LogP contribution in [0.3, 0.4) is 0 Å². The smallest absolute Gasteiger partial charge is 0.337 e. The number of benzene rings is 1. The van der Waals surface area contributed by atoms with E-state index in [1.807, 2.05) is 6.07 Å². The number of nitrogens with one attached hydrogen (secondary N) is 1. The summed E-state index contributed by atoms with van der Waals surface area (Å²) in [5, 5.41) is 29.1. The molecule has 1 amide bonds. The Bertz CT molecular complexity index is 585. The molecule has 0 saturated heterocycles. The Balaban J connectivity index is 2.60. The van der Waals surface area contributed by atoms with E-state index in [2.05, 4.69) is 5.32 Å². The SMILES string of the molecule is CC(O)(CNC(=O)C=Cc1cccc(C#N)c1)C(=O)O. The lowest BCUT2D eigenvalue weighted by Crippen LogP contribution is -2.46. The van der Waals surface area contributed by atoms with E-state index in [4.69, 9.17) is 10.4 Å². The molecule has 0 aliphatic heterocycles. The third-order valence-electron chi connectivity index (χ3n) is 2.51. The van der Waals surface area contributed by atoms with Gasteiger partial charge in [-0.1, -0.05) is 12.1 Å². The fourth-order valence-corrected chi connectivity index (χ4v) is 1.28. The van der Waals surface area contributed by atoms with Gasteiger partial charge >= 0.3 is 5.97 Å². The minimum Gasteiger partial charge on any atom is -0.479 e. The standard InChI is InChI=1S/C14H14N2O4/c1-14(20,13(18)19)9-16-12(17)6-5-10-3-2-4-11(7-10)8-15/h2-7,20H,9H2,1H3,(H,16,17)(H,18,19). The Morgan fingerprint density at radius 1 is 1.50 bits per heavy atom. The summed E-state index contributed by atoms with van der Waals surface area (Å²) in [6.45, 7) is 0.694. The number of rotatable bonds is 5. The molecule has 0 heterocycles. The maximum atomic E-state index is 11.5. The molecule has 0 aromatic heterocycles. The van der Waals surface area contributed by atoms with Crippen LogP contribution in [0.25, 0.3) is 6.08 Å². The van der Waals surface area contributed by atoms with Crippen molar-refractivity contribution in [1.29, 1.82) is 5.26 Å². The Labute approximate surface area is 116 Å². The summed E-state index contributed by atoms with van der Waals surface area (Å²) in [7, 11) is 0. The summed E-state index contributed by atoms with van der Waals surface area (Å²) in [5.41, 5.74) is -0.866. The van der Waals surface area contributed by atoms with Crippen LogP contribution in [0.2, 0.25) is 0 Å². The summed E-state index contributed by atoms with van der Waals surface area (Å²) < 4.78 is 0. The Hall–Kier alpha value is -2.65. The lowest BCUT2D eigenvalue weighted by Gasteiger charge is -2.17. The van der Waals surface area contributed by atoms with Crippen molar-refractivity contribution in [2.24, 2.45) is 0 Å². The topological polar surface area (TPSA) is 110 Å². The van der Waals surface area contributed by atoms with Gasteiger partial charge in [0, 0.05) is 6.08 Å². The molecular weight excluding hydrogens is 260 g/mol. The molecule has 104 valence electrons. The van der Waals surface area contributed by atoms with Gasteiger partial charge in [0.05, 0.1) is 18.2 Å². The van der Waals surface area contributed by atoms with Gasteiger partial charge in [0.15, 0.2) is 5.60 Å². The van der Waals surface area contributed by atoms with Gasteiger partial charge in [-0.3, -0.25) is 4.79 Å². The Morgan fingerprint density at radius 2 is 2.20 bits per heavy atom. The number of carboxylic acids is 1. The van der Waals surface area contributed by atoms with Crippen LogP contribution in [-0.2, 0) is 9.59 Å². The molecule has 0 aliphatic rings. The van der Waals surface area contributed by atoms with Gasteiger partial charge in [0.1, 0.15) is 0 Å². The molecule has 0 saturated carbocycles. The van der Waals surface area contributed by atoms with E-state index in [9.17, 15) is 14.7 Å². The molecule has 0 radical (unpaired) electrons. The summed E-state index contributed by atoms with van der Waals surface area (Å²) in [5.74, 6) is -1.95. The second kappa shape index (κ2) is 6.50. The van der Waals surface area contributed by atoms with Crippen molar-refractivity contribution in [2.75, 3.05) is 6.54 Å². The fraction of sp³-hybridized carbons (Fsp3) is 0.214. The van der Waals surface area contributed by atoms with E-state index in [1.165, 1.54) is 12.2 Å². The van der Waals surface area contributed by atoms with Crippen LogP contribution < -0.4 is 5.32 Å². The van der Waals surface area contributed by atoms with Crippen LogP contribution >= 0.6 is 0 Å². The minimum atomic E-state index is -2.01. The largest absolute Gasteiger partial charge is 0.479 e. The molecule has 1 aromatic carbocycles. The van der Waals surface area contributed by atoms with Crippen molar-refractivity contribution in [1.82, 2.24) is 5.32 Å². The van der Waals surface area contributed by atoms with Gasteiger partial charge in [-0.05, 0) is 30.7 Å². The zero-order valence-corrected chi connectivity index (χ0v) is 10.8. The molecule has 0 aliphatic carbocycles. The quantitative estimate of drug-likeness (QED) is 0.678. The van der Waals surface area contributed by atoms with E-state index in [0.29, 0.717) is 11.1 Å². The number of amides is 1. The average molecular weight is 274 g/mol. The number of aliphatic hydroxyl groups is 1. The average Bonchev–Trinajstić information content (AvgIpc) is 2.43. The first-order valence-electron chi connectivity index (χ1n) is 5.77. The van der Waals surface area contributed by atoms with Crippen LogP contribution in [0.5, 0.6) is 0 Å². The van der Waals surface area contributed by atoms with Crippen LogP contribution in [0.4, 0.5) is 0 Å². The van der Waals surface area contributed by atoms with Crippen molar-refractivity contribution in [2.45, 2.75) is 12.5 Å². The number of nitriles is 1. The van der Waals surface area contributed by atoms with E-state index >= 15 is 0 Å². The van der Waals surface area contributed by atoms with Gasteiger partial charge in [-0.15, -0.1) is 0 Å². The zero-order chi connectivity index (χ0) is 15.2. The molecule has 1 unspecified atom stereocenters. The van der Waals surface area contributed by atoms with Crippen LogP contribution in [0.1, 0.15) is 18.1 Å². The number of carbonyl (C=O) groups is 2. The number of carboxylic acid groups (broad SMARTS) is 1. The van der Waals surface area contributed by atoms with E-state index in [-0.39, 0.29) is 0 Å². The van der Waals surface area contributed by atoms with Crippen LogP contribution in [0, 0.1) is 11.3 Å². The van der Waals surface area contributed by atoms with Crippen molar-refractivity contribution < 1.29 is 19.8 Å². The normalized spacial score (nSPS) is 13.4. The van der Waals surface area contributed by atoms with E-state index < -0.39 is 24.0 Å². The highest BCUT2D eigenvalue weighted by Gasteiger charge is 2.29. The summed E-state index contributed by atoms with van der Waals surface area (Å²) in [4.78, 5) is 22.1. The van der Waals surface area contributed by atoms with Gasteiger partial charge < -0.3 is 15.5 Å². The highest BCUT2D eigenvalue weighted by atomic mass is 16.4. The van der Waals surface area contributed by atoms with Gasteiger partial charge in [-0.2, -0.15) is 5.26 Å². The molecule has 0 spiro atoms. The maximum absolute atomic E-state index is 11.5. The molecule has 20 heavy (non-hydrogen) atoms. The molecular formula is C14H14N2O4. The Morgan fingerprint density at radius 3 is 2.80 bits per heavy atom. The van der Waals surface area contributed by atoms with Crippen molar-refractivity contribution >= 4 is 18.0 Å². The third kappa shape index (κ3) is 4.55. The van der Waals surface area contributed by atoms with Gasteiger partial charge in [0.2, 0.25) is 5.91 Å². The molecule has 1 rings (SSSR count). The molecule has 3 N–H and O–H groups in total. The molecule has 6 nitrogen and oxygen atoms in total. The first-order valence-corrected chi connectivity index (χ1v) is 5.77. The second-order valence-corrected chi connectivity index (χ2v) is 4.37. The number of aliphatic carboxylic acids is 1. The van der Waals surface area contributed by atoms with E-state index in [0.717, 1.165) is 6.92 Å². The summed E-state index contributed by atoms with van der Waals surface area (Å²) in [6.07, 6.45) is 2.69. The fourth-order valence-electron chi connectivity index (χ4n) is 1.28. The first-order chi connectivity index (χ1) is 9.35. The van der Waals surface area contributed by atoms with Crippen LogP contribution in [-0.4, -0.2) is 34.2 Å². The van der Waals surface area contributed by atoms with Crippen LogP contribution in [0.15, 0.2) is 30.3 Å². The summed E-state index contributed by atoms with van der Waals surface area (Å²) >= 11 is 0. The number of hydrogen-bond donors (Lipinski definition) is 3.